The number of rotatable bonds is 4. The van der Waals surface area contributed by atoms with Crippen molar-refractivity contribution in [3.8, 4) is 34.8 Å². The molecule has 0 aliphatic heterocycles. The van der Waals surface area contributed by atoms with E-state index in [-0.39, 0.29) is 5.69 Å². The largest absolute Gasteiger partial charge is 0.493 e. The van der Waals surface area contributed by atoms with Gasteiger partial charge in [0.25, 0.3) is 0 Å². The highest BCUT2D eigenvalue weighted by atomic mass is 16.5. The predicted molar refractivity (Wildman–Crippen MR) is 134 cm³/mol. The van der Waals surface area contributed by atoms with E-state index in [9.17, 15) is 4.79 Å². The van der Waals surface area contributed by atoms with Crippen LogP contribution in [0.1, 0.15) is 11.1 Å². The van der Waals surface area contributed by atoms with Crippen LogP contribution in [0.3, 0.4) is 0 Å². The highest BCUT2D eigenvalue weighted by Gasteiger charge is 2.20. The first kappa shape index (κ1) is 22.0. The summed E-state index contributed by atoms with van der Waals surface area (Å²) in [5, 5.41) is 0.798. The molecule has 5 aromatic rings. The number of benzene rings is 2. The van der Waals surface area contributed by atoms with Crippen LogP contribution < -0.4 is 19.9 Å². The Hall–Kier alpha value is -4.77. The Morgan fingerprint density at radius 3 is 2.29 bits per heavy atom. The van der Waals surface area contributed by atoms with Crippen LogP contribution in [0.25, 0.3) is 27.6 Å². The number of ether oxygens (including phenoxy) is 3. The van der Waals surface area contributed by atoms with Crippen LogP contribution in [0.4, 0.5) is 0 Å². The van der Waals surface area contributed by atoms with Crippen molar-refractivity contribution in [2.24, 2.45) is 7.05 Å². The molecule has 0 bridgehead atoms. The van der Waals surface area contributed by atoms with E-state index in [0.717, 1.165) is 22.0 Å². The topological polar surface area (TPSA) is 80.4 Å². The zero-order valence-electron chi connectivity index (χ0n) is 19.7. The van der Waals surface area contributed by atoms with Crippen molar-refractivity contribution in [1.29, 1.82) is 0 Å². The number of hydrogen-bond donors (Lipinski definition) is 0. The van der Waals surface area contributed by atoms with Crippen LogP contribution in [0.5, 0.6) is 17.2 Å². The molecule has 0 amide bonds. The molecule has 35 heavy (non-hydrogen) atoms. The number of nitrogens with zero attached hydrogens (tertiary/aromatic N) is 4. The number of fused-ring (bicyclic) bond motifs is 3. The smallest absolute Gasteiger partial charge is 0.333 e. The van der Waals surface area contributed by atoms with Gasteiger partial charge in [-0.15, -0.1) is 0 Å². The predicted octanol–water partition coefficient (Wildman–Crippen LogP) is 3.70. The molecule has 0 atom stereocenters. The number of hydrogen-bond acceptors (Lipinski definition) is 6. The van der Waals surface area contributed by atoms with E-state index < -0.39 is 0 Å². The standard InChI is InChI=1S/C27H22N4O4/c1-30-22-16-29-21-10-9-17(7-8-18-6-5-11-28-15-18)12-20(21)25(22)31(27(30)32)19-13-23(33-2)26(35-4)24(14-19)34-3/h5-6,9-16H,1-4H3. The molecule has 0 radical (unpaired) electrons. The Kier molecular flexibility index (Phi) is 5.59. The number of aromatic nitrogens is 4. The number of aryl methyl sites for hydroxylation is 1. The van der Waals surface area contributed by atoms with Crippen LogP contribution in [0.2, 0.25) is 0 Å². The molecular formula is C27H22N4O4. The van der Waals surface area contributed by atoms with E-state index in [1.54, 1.807) is 61.1 Å². The molecule has 8 nitrogen and oxygen atoms in total. The van der Waals surface area contributed by atoms with Crippen molar-refractivity contribution in [3.63, 3.8) is 0 Å². The van der Waals surface area contributed by atoms with Gasteiger partial charge >= 0.3 is 5.69 Å². The van der Waals surface area contributed by atoms with Gasteiger partial charge in [0.2, 0.25) is 5.75 Å². The van der Waals surface area contributed by atoms with E-state index in [1.165, 1.54) is 7.11 Å². The van der Waals surface area contributed by atoms with E-state index in [2.05, 4.69) is 21.8 Å². The van der Waals surface area contributed by atoms with E-state index in [1.807, 2.05) is 30.3 Å². The van der Waals surface area contributed by atoms with Crippen molar-refractivity contribution in [3.05, 3.63) is 82.7 Å². The zero-order valence-corrected chi connectivity index (χ0v) is 19.7. The lowest BCUT2D eigenvalue weighted by atomic mass is 10.1. The molecule has 5 rings (SSSR count). The fraction of sp³-hybridized carbons (Fsp3) is 0.148. The molecule has 0 N–H and O–H groups in total. The summed E-state index contributed by atoms with van der Waals surface area (Å²) in [5.74, 6) is 7.66. The van der Waals surface area contributed by atoms with Gasteiger partial charge in [-0.3, -0.25) is 19.1 Å². The number of imidazole rings is 1. The Morgan fingerprint density at radius 2 is 1.63 bits per heavy atom. The minimum Gasteiger partial charge on any atom is -0.493 e. The molecule has 3 aromatic heterocycles. The maximum absolute atomic E-state index is 13.4. The second-order valence-electron chi connectivity index (χ2n) is 7.78. The molecule has 0 saturated heterocycles. The molecule has 0 aliphatic rings. The van der Waals surface area contributed by atoms with Gasteiger partial charge in [-0.05, 0) is 30.3 Å². The fourth-order valence-electron chi connectivity index (χ4n) is 4.09. The van der Waals surface area contributed by atoms with Crippen LogP contribution in [-0.4, -0.2) is 40.4 Å². The fourth-order valence-corrected chi connectivity index (χ4v) is 4.09. The van der Waals surface area contributed by atoms with Crippen LogP contribution in [0, 0.1) is 11.8 Å². The van der Waals surface area contributed by atoms with Crippen molar-refractivity contribution in [2.45, 2.75) is 0 Å². The molecular weight excluding hydrogens is 444 g/mol. The van der Waals surface area contributed by atoms with Crippen LogP contribution in [-0.2, 0) is 7.05 Å². The van der Waals surface area contributed by atoms with Crippen LogP contribution in [0.15, 0.2) is 65.8 Å². The summed E-state index contributed by atoms with van der Waals surface area (Å²) in [4.78, 5) is 22.1. The lowest BCUT2D eigenvalue weighted by Gasteiger charge is -2.15. The Bertz CT molecular complexity index is 1670. The summed E-state index contributed by atoms with van der Waals surface area (Å²) >= 11 is 0. The summed E-state index contributed by atoms with van der Waals surface area (Å²) in [7, 11) is 6.34. The van der Waals surface area contributed by atoms with Crippen molar-refractivity contribution >= 4 is 21.9 Å². The van der Waals surface area contributed by atoms with E-state index >= 15 is 0 Å². The highest BCUT2D eigenvalue weighted by molar-refractivity contribution is 6.03. The third kappa shape index (κ3) is 3.73. The van der Waals surface area contributed by atoms with Crippen molar-refractivity contribution in [2.75, 3.05) is 21.3 Å². The Morgan fingerprint density at radius 1 is 0.886 bits per heavy atom. The molecule has 0 aliphatic carbocycles. The third-order valence-electron chi connectivity index (χ3n) is 5.80. The molecule has 0 spiro atoms. The maximum Gasteiger partial charge on any atom is 0.333 e. The second kappa shape index (κ2) is 8.88. The van der Waals surface area contributed by atoms with Crippen molar-refractivity contribution < 1.29 is 14.2 Å². The summed E-state index contributed by atoms with van der Waals surface area (Å²) < 4.78 is 19.7. The molecule has 3 heterocycles. The van der Waals surface area contributed by atoms with E-state index in [4.69, 9.17) is 14.2 Å². The molecule has 0 unspecified atom stereocenters. The van der Waals surface area contributed by atoms with Gasteiger partial charge < -0.3 is 14.2 Å². The van der Waals surface area contributed by atoms with E-state index in [0.29, 0.717) is 34.0 Å². The SMILES string of the molecule is COc1cc(-n2c(=O)n(C)c3cnc4ccc(C#Cc5cccnc5)cc4c32)cc(OC)c1OC. The molecule has 0 fully saturated rings. The summed E-state index contributed by atoms with van der Waals surface area (Å²) in [6.07, 6.45) is 5.13. The summed E-state index contributed by atoms with van der Waals surface area (Å²) in [5.41, 5.74) is 4.11. The molecule has 174 valence electrons. The van der Waals surface area contributed by atoms with Gasteiger partial charge in [-0.2, -0.15) is 0 Å². The monoisotopic (exact) mass is 466 g/mol. The van der Waals surface area contributed by atoms with Gasteiger partial charge in [0.15, 0.2) is 11.5 Å². The average molecular weight is 466 g/mol. The number of pyridine rings is 2. The van der Waals surface area contributed by atoms with Gasteiger partial charge in [-0.25, -0.2) is 4.79 Å². The van der Waals surface area contributed by atoms with Gasteiger partial charge in [0.05, 0.1) is 49.8 Å². The second-order valence-corrected chi connectivity index (χ2v) is 7.78. The minimum atomic E-state index is -0.226. The summed E-state index contributed by atoms with van der Waals surface area (Å²) in [6.45, 7) is 0. The highest BCUT2D eigenvalue weighted by Crippen LogP contribution is 2.40. The first-order valence-electron chi connectivity index (χ1n) is 10.8. The normalized spacial score (nSPS) is 10.7. The first-order chi connectivity index (χ1) is 17.0. The zero-order chi connectivity index (χ0) is 24.5. The quantitative estimate of drug-likeness (QED) is 0.376. The number of methoxy groups -OCH3 is 3. The molecule has 2 aromatic carbocycles. The minimum absolute atomic E-state index is 0.226. The molecule has 0 saturated carbocycles. The van der Waals surface area contributed by atoms with Gasteiger partial charge in [0, 0.05) is 48.1 Å². The van der Waals surface area contributed by atoms with Gasteiger partial charge in [0.1, 0.15) is 0 Å². The molecule has 8 heteroatoms. The first-order valence-corrected chi connectivity index (χ1v) is 10.8. The van der Waals surface area contributed by atoms with Crippen LogP contribution >= 0.6 is 0 Å². The third-order valence-corrected chi connectivity index (χ3v) is 5.80. The summed E-state index contributed by atoms with van der Waals surface area (Å²) in [6, 6.07) is 13.0. The maximum atomic E-state index is 13.4. The Balaban J connectivity index is 1.79. The van der Waals surface area contributed by atoms with Gasteiger partial charge in [-0.1, -0.05) is 11.8 Å². The lowest BCUT2D eigenvalue weighted by Crippen LogP contribution is -2.21. The Labute approximate surface area is 201 Å². The van der Waals surface area contributed by atoms with Crippen molar-refractivity contribution in [1.82, 2.24) is 19.1 Å². The average Bonchev–Trinajstić information content (AvgIpc) is 3.17. The lowest BCUT2D eigenvalue weighted by molar-refractivity contribution is 0.324.